The zero-order chi connectivity index (χ0) is 16.5. The lowest BCUT2D eigenvalue weighted by Crippen LogP contribution is -2.26. The second-order valence-electron chi connectivity index (χ2n) is 5.07. The van der Waals surface area contributed by atoms with E-state index in [2.05, 4.69) is 5.32 Å². The molecule has 0 bridgehead atoms. The molecule has 1 unspecified atom stereocenters. The summed E-state index contributed by atoms with van der Waals surface area (Å²) in [5.41, 5.74) is 0.654. The minimum absolute atomic E-state index is 0.0376. The maximum Gasteiger partial charge on any atom is 0.416 e. The van der Waals surface area contributed by atoms with Crippen LogP contribution in [0.5, 0.6) is 0 Å². The lowest BCUT2D eigenvalue weighted by Gasteiger charge is -2.27. The van der Waals surface area contributed by atoms with Crippen molar-refractivity contribution in [3.05, 3.63) is 58.4 Å². The molecular formula is C16H16F3NO2. The van der Waals surface area contributed by atoms with Crippen molar-refractivity contribution in [2.24, 2.45) is 0 Å². The minimum atomic E-state index is -4.49. The smallest absolute Gasteiger partial charge is 0.416 e. The molecule has 22 heavy (non-hydrogen) atoms. The van der Waals surface area contributed by atoms with Crippen molar-refractivity contribution >= 4 is 5.97 Å². The van der Waals surface area contributed by atoms with E-state index in [1.165, 1.54) is 25.3 Å². The van der Waals surface area contributed by atoms with Crippen LogP contribution in [0.3, 0.4) is 0 Å². The molecule has 2 rings (SSSR count). The first-order valence-electron chi connectivity index (χ1n) is 6.66. The van der Waals surface area contributed by atoms with E-state index in [0.717, 1.165) is 6.07 Å². The summed E-state index contributed by atoms with van der Waals surface area (Å²) in [6.45, 7) is 3.38. The number of hydrogen-bond acceptors (Lipinski definition) is 3. The average molecular weight is 311 g/mol. The van der Waals surface area contributed by atoms with Gasteiger partial charge in [0.15, 0.2) is 0 Å². The Bertz CT molecular complexity index is 660. The Morgan fingerprint density at radius 2 is 1.86 bits per heavy atom. The Morgan fingerprint density at radius 3 is 2.45 bits per heavy atom. The van der Waals surface area contributed by atoms with E-state index in [9.17, 15) is 18.0 Å². The minimum Gasteiger partial charge on any atom is -0.466 e. The number of carbonyl (C=O) groups is 1. The van der Waals surface area contributed by atoms with Crippen molar-refractivity contribution in [2.75, 3.05) is 7.11 Å². The first kappa shape index (κ1) is 16.1. The zero-order valence-electron chi connectivity index (χ0n) is 12.4. The van der Waals surface area contributed by atoms with Crippen molar-refractivity contribution in [3.63, 3.8) is 0 Å². The number of dihydropyridines is 1. The molecule has 0 fully saturated rings. The average Bonchev–Trinajstić information content (AvgIpc) is 2.45. The van der Waals surface area contributed by atoms with E-state index >= 15 is 0 Å². The normalized spacial score (nSPS) is 18.6. The van der Waals surface area contributed by atoms with Gasteiger partial charge in [-0.05, 0) is 25.5 Å². The Balaban J connectivity index is 2.63. The van der Waals surface area contributed by atoms with E-state index in [0.29, 0.717) is 11.4 Å². The molecule has 1 heterocycles. The fraction of sp³-hybridized carbons (Fsp3) is 0.312. The van der Waals surface area contributed by atoms with Crippen LogP contribution in [0.4, 0.5) is 13.2 Å². The van der Waals surface area contributed by atoms with Gasteiger partial charge in [0.25, 0.3) is 0 Å². The lowest BCUT2D eigenvalue weighted by atomic mass is 9.84. The Labute approximate surface area is 126 Å². The summed E-state index contributed by atoms with van der Waals surface area (Å²) in [5, 5.41) is 2.96. The third-order valence-corrected chi connectivity index (χ3v) is 3.52. The molecule has 1 aromatic carbocycles. The van der Waals surface area contributed by atoms with E-state index in [1.807, 2.05) is 0 Å². The molecule has 0 radical (unpaired) electrons. The highest BCUT2D eigenvalue weighted by Gasteiger charge is 2.37. The van der Waals surface area contributed by atoms with Gasteiger partial charge in [0.05, 0.1) is 18.2 Å². The van der Waals surface area contributed by atoms with Crippen LogP contribution in [-0.4, -0.2) is 13.1 Å². The quantitative estimate of drug-likeness (QED) is 0.846. The number of allylic oxidation sites excluding steroid dienone is 3. The Morgan fingerprint density at radius 1 is 1.23 bits per heavy atom. The molecule has 1 aliphatic rings. The largest absolute Gasteiger partial charge is 0.466 e. The van der Waals surface area contributed by atoms with Gasteiger partial charge in [0, 0.05) is 17.3 Å². The summed E-state index contributed by atoms with van der Waals surface area (Å²) >= 11 is 0. The molecule has 1 aliphatic heterocycles. The van der Waals surface area contributed by atoms with Gasteiger partial charge in [-0.2, -0.15) is 13.2 Å². The maximum atomic E-state index is 13.2. The molecule has 118 valence electrons. The highest BCUT2D eigenvalue weighted by atomic mass is 19.4. The predicted octanol–water partition coefficient (Wildman–Crippen LogP) is 3.74. The molecule has 0 aromatic heterocycles. The monoisotopic (exact) mass is 311 g/mol. The van der Waals surface area contributed by atoms with Crippen molar-refractivity contribution in [1.82, 2.24) is 5.32 Å². The SMILES string of the molecule is COC(=O)C1=C(C)NC(C)=CC1c1ccccc1C(F)(F)F. The number of alkyl halides is 3. The number of benzene rings is 1. The van der Waals surface area contributed by atoms with Crippen LogP contribution >= 0.6 is 0 Å². The van der Waals surface area contributed by atoms with Crippen LogP contribution in [0, 0.1) is 0 Å². The third kappa shape index (κ3) is 3.00. The summed E-state index contributed by atoms with van der Waals surface area (Å²) < 4.78 is 44.4. The zero-order valence-corrected chi connectivity index (χ0v) is 12.4. The topological polar surface area (TPSA) is 38.3 Å². The lowest BCUT2D eigenvalue weighted by molar-refractivity contribution is -0.139. The molecular weight excluding hydrogens is 295 g/mol. The van der Waals surface area contributed by atoms with Gasteiger partial charge in [0.1, 0.15) is 0 Å². The molecule has 0 aliphatic carbocycles. The van der Waals surface area contributed by atoms with Crippen LogP contribution in [0.2, 0.25) is 0 Å². The van der Waals surface area contributed by atoms with Crippen LogP contribution in [0.1, 0.15) is 30.9 Å². The Kier molecular flexibility index (Phi) is 4.30. The fourth-order valence-electron chi connectivity index (χ4n) is 2.63. The van der Waals surface area contributed by atoms with Gasteiger partial charge in [-0.25, -0.2) is 4.79 Å². The first-order valence-corrected chi connectivity index (χ1v) is 6.66. The van der Waals surface area contributed by atoms with Crippen molar-refractivity contribution in [3.8, 4) is 0 Å². The number of rotatable bonds is 2. The van der Waals surface area contributed by atoms with Gasteiger partial charge in [-0.1, -0.05) is 24.3 Å². The Hall–Kier alpha value is -2.24. The van der Waals surface area contributed by atoms with Gasteiger partial charge in [-0.15, -0.1) is 0 Å². The van der Waals surface area contributed by atoms with Crippen molar-refractivity contribution in [2.45, 2.75) is 25.9 Å². The molecule has 0 amide bonds. The second-order valence-corrected chi connectivity index (χ2v) is 5.07. The van der Waals surface area contributed by atoms with E-state index in [1.54, 1.807) is 19.9 Å². The molecule has 3 nitrogen and oxygen atoms in total. The van der Waals surface area contributed by atoms with Gasteiger partial charge in [-0.3, -0.25) is 0 Å². The van der Waals surface area contributed by atoms with E-state index in [-0.39, 0.29) is 11.1 Å². The number of nitrogens with one attached hydrogen (secondary N) is 1. The number of hydrogen-bond donors (Lipinski definition) is 1. The van der Waals surface area contributed by atoms with Crippen molar-refractivity contribution < 1.29 is 22.7 Å². The number of carbonyl (C=O) groups excluding carboxylic acids is 1. The van der Waals surface area contributed by atoms with Gasteiger partial charge < -0.3 is 10.1 Å². The summed E-state index contributed by atoms with van der Waals surface area (Å²) in [6.07, 6.45) is -2.89. The molecule has 6 heteroatoms. The molecule has 1 atom stereocenters. The summed E-state index contributed by atoms with van der Waals surface area (Å²) in [5.74, 6) is -1.44. The summed E-state index contributed by atoms with van der Waals surface area (Å²) in [6, 6.07) is 5.27. The number of halogens is 3. The van der Waals surface area contributed by atoms with Gasteiger partial charge in [0.2, 0.25) is 0 Å². The summed E-state index contributed by atoms with van der Waals surface area (Å²) in [4.78, 5) is 12.0. The van der Waals surface area contributed by atoms with Crippen LogP contribution in [-0.2, 0) is 15.7 Å². The molecule has 0 saturated heterocycles. The number of esters is 1. The van der Waals surface area contributed by atoms with E-state index in [4.69, 9.17) is 4.74 Å². The molecule has 0 spiro atoms. The predicted molar refractivity (Wildman–Crippen MR) is 75.8 cm³/mol. The van der Waals surface area contributed by atoms with Crippen LogP contribution in [0.15, 0.2) is 47.3 Å². The first-order chi connectivity index (χ1) is 10.3. The third-order valence-electron chi connectivity index (χ3n) is 3.52. The van der Waals surface area contributed by atoms with Crippen LogP contribution in [0.25, 0.3) is 0 Å². The summed E-state index contributed by atoms with van der Waals surface area (Å²) in [7, 11) is 1.21. The number of methoxy groups -OCH3 is 1. The number of ether oxygens (including phenoxy) is 1. The maximum absolute atomic E-state index is 13.2. The van der Waals surface area contributed by atoms with E-state index < -0.39 is 23.6 Å². The molecule has 0 saturated carbocycles. The van der Waals surface area contributed by atoms with Crippen LogP contribution < -0.4 is 5.32 Å². The highest BCUT2D eigenvalue weighted by molar-refractivity contribution is 5.92. The standard InChI is InChI=1S/C16H16F3NO2/c1-9-8-12(14(10(2)20-9)15(21)22-3)11-6-4-5-7-13(11)16(17,18)19/h4-8,12,20H,1-3H3. The molecule has 1 aromatic rings. The van der Waals surface area contributed by atoms with Gasteiger partial charge >= 0.3 is 12.1 Å². The van der Waals surface area contributed by atoms with Crippen molar-refractivity contribution in [1.29, 1.82) is 0 Å². The fourth-order valence-corrected chi connectivity index (χ4v) is 2.63. The highest BCUT2D eigenvalue weighted by Crippen LogP contribution is 2.40. The molecule has 1 N–H and O–H groups in total. The second kappa shape index (κ2) is 5.87.